The van der Waals surface area contributed by atoms with E-state index in [-0.39, 0.29) is 29.2 Å². The highest BCUT2D eigenvalue weighted by molar-refractivity contribution is 5.97. The van der Waals surface area contributed by atoms with Gasteiger partial charge in [0.05, 0.1) is 11.9 Å². The summed E-state index contributed by atoms with van der Waals surface area (Å²) in [6.07, 6.45) is 1.39. The van der Waals surface area contributed by atoms with Gasteiger partial charge < -0.3 is 16.4 Å². The van der Waals surface area contributed by atoms with Gasteiger partial charge in [-0.1, -0.05) is 24.3 Å². The van der Waals surface area contributed by atoms with Crippen molar-refractivity contribution >= 4 is 17.6 Å². The number of carbonyl (C=O) groups is 2. The fourth-order valence-electron chi connectivity index (χ4n) is 2.61. The lowest BCUT2D eigenvalue weighted by Crippen LogP contribution is -2.23. The van der Waals surface area contributed by atoms with E-state index < -0.39 is 23.4 Å². The number of nitrogens with one attached hydrogen (secondary N) is 2. The number of nitrogens with zero attached hydrogens (tertiary/aromatic N) is 2. The van der Waals surface area contributed by atoms with E-state index in [0.29, 0.717) is 11.3 Å². The van der Waals surface area contributed by atoms with Gasteiger partial charge >= 0.3 is 0 Å². The zero-order valence-corrected chi connectivity index (χ0v) is 15.4. The van der Waals surface area contributed by atoms with Crippen LogP contribution >= 0.6 is 0 Å². The predicted molar refractivity (Wildman–Crippen MR) is 103 cm³/mol. The largest absolute Gasteiger partial charge is 0.382 e. The summed E-state index contributed by atoms with van der Waals surface area (Å²) in [5.41, 5.74) is 6.86. The lowest BCUT2D eigenvalue weighted by atomic mass is 10.1. The summed E-state index contributed by atoms with van der Waals surface area (Å²) in [5, 5.41) is 4.97. The zero-order chi connectivity index (χ0) is 21.0. The molecule has 9 heteroatoms. The Bertz CT molecular complexity index is 1090. The van der Waals surface area contributed by atoms with Crippen LogP contribution in [0.4, 0.5) is 14.6 Å². The molecule has 148 valence electrons. The molecule has 7 nitrogen and oxygen atoms in total. The minimum Gasteiger partial charge on any atom is -0.382 e. The molecule has 0 bridgehead atoms. The normalized spacial score (nSPS) is 10.4. The van der Waals surface area contributed by atoms with Crippen LogP contribution < -0.4 is 16.4 Å². The van der Waals surface area contributed by atoms with Gasteiger partial charge in [0, 0.05) is 30.3 Å². The molecule has 2 amide bonds. The highest BCUT2D eigenvalue weighted by atomic mass is 19.2. The maximum absolute atomic E-state index is 13.7. The second kappa shape index (κ2) is 8.42. The van der Waals surface area contributed by atoms with Gasteiger partial charge in [-0.25, -0.2) is 18.7 Å². The van der Waals surface area contributed by atoms with Gasteiger partial charge in [0.25, 0.3) is 11.8 Å². The van der Waals surface area contributed by atoms with E-state index in [1.165, 1.54) is 25.4 Å². The second-order valence-corrected chi connectivity index (χ2v) is 6.04. The van der Waals surface area contributed by atoms with E-state index in [0.717, 1.165) is 6.07 Å². The molecule has 0 saturated heterocycles. The monoisotopic (exact) mass is 397 g/mol. The van der Waals surface area contributed by atoms with Crippen molar-refractivity contribution in [2.75, 3.05) is 12.8 Å². The second-order valence-electron chi connectivity index (χ2n) is 6.04. The number of nitrogen functional groups attached to an aromatic ring is 1. The first-order valence-electron chi connectivity index (χ1n) is 8.57. The van der Waals surface area contributed by atoms with Gasteiger partial charge in [0.15, 0.2) is 23.1 Å². The van der Waals surface area contributed by atoms with Gasteiger partial charge in [0.1, 0.15) is 0 Å². The summed E-state index contributed by atoms with van der Waals surface area (Å²) in [5.74, 6) is -2.96. The van der Waals surface area contributed by atoms with Gasteiger partial charge in [-0.2, -0.15) is 0 Å². The minimum absolute atomic E-state index is 0.0147. The molecule has 0 aliphatic carbocycles. The number of hydrogen-bond acceptors (Lipinski definition) is 5. The van der Waals surface area contributed by atoms with Crippen LogP contribution in [0.1, 0.15) is 26.4 Å². The molecule has 0 aliphatic rings. The molecular formula is C20H17F2N5O2. The van der Waals surface area contributed by atoms with E-state index in [1.807, 2.05) is 0 Å². The van der Waals surface area contributed by atoms with Crippen molar-refractivity contribution < 1.29 is 18.4 Å². The molecule has 3 rings (SSSR count). The van der Waals surface area contributed by atoms with E-state index in [2.05, 4.69) is 20.6 Å². The van der Waals surface area contributed by atoms with Crippen molar-refractivity contribution in [2.45, 2.75) is 6.54 Å². The molecule has 0 saturated carbocycles. The molecule has 0 aliphatic heterocycles. The first kappa shape index (κ1) is 19.9. The lowest BCUT2D eigenvalue weighted by molar-refractivity contribution is 0.0945. The van der Waals surface area contributed by atoms with Crippen molar-refractivity contribution in [2.24, 2.45) is 0 Å². The maximum Gasteiger partial charge on any atom is 0.273 e. The summed E-state index contributed by atoms with van der Waals surface area (Å²) < 4.78 is 27.0. The van der Waals surface area contributed by atoms with E-state index in [4.69, 9.17) is 5.73 Å². The molecule has 1 heterocycles. The Morgan fingerprint density at radius 1 is 1.10 bits per heavy atom. The van der Waals surface area contributed by atoms with Crippen LogP contribution in [-0.4, -0.2) is 28.8 Å². The van der Waals surface area contributed by atoms with Gasteiger partial charge in [-0.05, 0) is 18.2 Å². The molecule has 0 atom stereocenters. The minimum atomic E-state index is -1.000. The molecule has 3 aromatic rings. The lowest BCUT2D eigenvalue weighted by Gasteiger charge is -2.09. The first-order valence-corrected chi connectivity index (χ1v) is 8.57. The number of anilines is 1. The summed E-state index contributed by atoms with van der Waals surface area (Å²) in [4.78, 5) is 32.5. The van der Waals surface area contributed by atoms with Gasteiger partial charge in [0.2, 0.25) is 0 Å². The topological polar surface area (TPSA) is 110 Å². The number of amides is 2. The number of nitrogens with two attached hydrogens (primary N) is 1. The van der Waals surface area contributed by atoms with Crippen LogP contribution in [0.15, 0.2) is 48.7 Å². The Kier molecular flexibility index (Phi) is 5.77. The number of benzene rings is 2. The first-order chi connectivity index (χ1) is 13.9. The molecule has 1 aromatic heterocycles. The fraction of sp³-hybridized carbons (Fsp3) is 0.100. The third kappa shape index (κ3) is 4.34. The molecule has 2 aromatic carbocycles. The molecule has 0 spiro atoms. The van der Waals surface area contributed by atoms with E-state index >= 15 is 0 Å². The van der Waals surface area contributed by atoms with Crippen LogP contribution in [0.25, 0.3) is 11.3 Å². The SMILES string of the molecule is CNC(=O)c1nc(-c2cccc(C(=O)NCc3cccc(F)c3F)c2)cnc1N. The standard InChI is InChI=1S/C20H17F2N5O2/c1-24-20(29)17-18(23)25-10-15(27-17)11-4-2-5-12(8-11)19(28)26-9-13-6-3-7-14(21)16(13)22/h2-8,10H,9H2,1H3,(H2,23,25)(H,24,29)(H,26,28). The Labute approximate surface area is 165 Å². The molecular weight excluding hydrogens is 380 g/mol. The maximum atomic E-state index is 13.7. The molecule has 0 unspecified atom stereocenters. The van der Waals surface area contributed by atoms with Crippen LogP contribution in [0.3, 0.4) is 0 Å². The molecule has 29 heavy (non-hydrogen) atoms. The van der Waals surface area contributed by atoms with Crippen LogP contribution in [0.5, 0.6) is 0 Å². The zero-order valence-electron chi connectivity index (χ0n) is 15.4. The third-order valence-corrected chi connectivity index (χ3v) is 4.13. The van der Waals surface area contributed by atoms with Crippen LogP contribution in [0, 0.1) is 11.6 Å². The predicted octanol–water partition coefficient (Wildman–Crippen LogP) is 2.29. The number of rotatable bonds is 5. The van der Waals surface area contributed by atoms with Crippen LogP contribution in [-0.2, 0) is 6.54 Å². The van der Waals surface area contributed by atoms with Crippen molar-refractivity contribution in [1.82, 2.24) is 20.6 Å². The fourth-order valence-corrected chi connectivity index (χ4v) is 2.61. The summed E-state index contributed by atoms with van der Waals surface area (Å²) in [6, 6.07) is 10.2. The molecule has 4 N–H and O–H groups in total. The van der Waals surface area contributed by atoms with Crippen LogP contribution in [0.2, 0.25) is 0 Å². The average Bonchev–Trinajstić information content (AvgIpc) is 2.74. The number of carbonyl (C=O) groups excluding carboxylic acids is 2. The van der Waals surface area contributed by atoms with Crippen molar-refractivity contribution in [3.8, 4) is 11.3 Å². The quantitative estimate of drug-likeness (QED) is 0.612. The Balaban J connectivity index is 1.81. The van der Waals surface area contributed by atoms with Gasteiger partial charge in [-0.3, -0.25) is 9.59 Å². The molecule has 0 fully saturated rings. The number of hydrogen-bond donors (Lipinski definition) is 3. The highest BCUT2D eigenvalue weighted by Gasteiger charge is 2.15. The third-order valence-electron chi connectivity index (χ3n) is 4.13. The van der Waals surface area contributed by atoms with E-state index in [1.54, 1.807) is 24.3 Å². The summed E-state index contributed by atoms with van der Waals surface area (Å²) >= 11 is 0. The molecule has 0 radical (unpaired) electrons. The highest BCUT2D eigenvalue weighted by Crippen LogP contribution is 2.20. The van der Waals surface area contributed by atoms with E-state index in [9.17, 15) is 18.4 Å². The Morgan fingerprint density at radius 2 is 1.86 bits per heavy atom. The Morgan fingerprint density at radius 3 is 2.62 bits per heavy atom. The number of halogens is 2. The van der Waals surface area contributed by atoms with Crippen molar-refractivity contribution in [1.29, 1.82) is 0 Å². The smallest absolute Gasteiger partial charge is 0.273 e. The van der Waals surface area contributed by atoms with Crippen molar-refractivity contribution in [3.63, 3.8) is 0 Å². The summed E-state index contributed by atoms with van der Waals surface area (Å²) in [6.45, 7) is -0.171. The summed E-state index contributed by atoms with van der Waals surface area (Å²) in [7, 11) is 1.45. The number of aromatic nitrogens is 2. The van der Waals surface area contributed by atoms with Crippen molar-refractivity contribution in [3.05, 3.63) is 77.1 Å². The Hall–Kier alpha value is -3.88. The van der Waals surface area contributed by atoms with Gasteiger partial charge in [-0.15, -0.1) is 0 Å². The average molecular weight is 397 g/mol.